The molecule has 96 valence electrons. The van der Waals surface area contributed by atoms with Gasteiger partial charge >= 0.3 is 0 Å². The molecule has 0 N–H and O–H groups in total. The van der Waals surface area contributed by atoms with E-state index in [2.05, 4.69) is 37.1 Å². The van der Waals surface area contributed by atoms with Crippen molar-refractivity contribution in [3.05, 3.63) is 30.5 Å². The minimum atomic E-state index is 0.707. The lowest BCUT2D eigenvalue weighted by Gasteiger charge is -2.20. The number of anilines is 1. The van der Waals surface area contributed by atoms with E-state index in [-0.39, 0.29) is 0 Å². The van der Waals surface area contributed by atoms with Gasteiger partial charge in [0.25, 0.3) is 0 Å². The molecule has 0 aliphatic carbocycles. The maximum atomic E-state index is 5.46. The number of likely N-dealkylation sites (N-methyl/N-ethyl adjacent to an activating group) is 1. The van der Waals surface area contributed by atoms with Gasteiger partial charge in [0.1, 0.15) is 0 Å². The van der Waals surface area contributed by atoms with E-state index >= 15 is 0 Å². The van der Waals surface area contributed by atoms with E-state index in [0.717, 1.165) is 35.1 Å². The van der Waals surface area contributed by atoms with E-state index in [0.29, 0.717) is 6.61 Å². The van der Waals surface area contributed by atoms with Crippen molar-refractivity contribution in [3.8, 4) is 0 Å². The van der Waals surface area contributed by atoms with Gasteiger partial charge in [0.15, 0.2) is 0 Å². The van der Waals surface area contributed by atoms with E-state index < -0.39 is 0 Å². The van der Waals surface area contributed by atoms with Crippen molar-refractivity contribution in [1.29, 1.82) is 0 Å². The number of benzene rings is 1. The highest BCUT2D eigenvalue weighted by atomic mass is 79.9. The summed E-state index contributed by atoms with van der Waals surface area (Å²) in [6, 6.07) is 8.03. The Morgan fingerprint density at radius 3 is 2.94 bits per heavy atom. The lowest BCUT2D eigenvalue weighted by molar-refractivity contribution is 0.158. The summed E-state index contributed by atoms with van der Waals surface area (Å²) in [6.45, 7) is 2.28. The number of ether oxygens (including phenoxy) is 1. The predicted molar refractivity (Wildman–Crippen MR) is 77.4 cm³/mol. The van der Waals surface area contributed by atoms with E-state index in [4.69, 9.17) is 4.74 Å². The number of halogens is 1. The second-order valence-electron chi connectivity index (χ2n) is 3.97. The molecule has 5 heteroatoms. The number of fused-ring (bicyclic) bond motifs is 1. The highest BCUT2D eigenvalue weighted by Crippen LogP contribution is 2.22. The Hall–Kier alpha value is -1.20. The second-order valence-corrected chi connectivity index (χ2v) is 4.76. The van der Waals surface area contributed by atoms with Gasteiger partial charge in [0, 0.05) is 24.3 Å². The van der Waals surface area contributed by atoms with Crippen molar-refractivity contribution < 1.29 is 4.74 Å². The number of rotatable bonds is 6. The summed E-state index contributed by atoms with van der Waals surface area (Å²) in [5.41, 5.74) is 2.01. The maximum Gasteiger partial charge on any atom is 0.0950 e. The zero-order valence-corrected chi connectivity index (χ0v) is 11.9. The Labute approximate surface area is 115 Å². The average molecular weight is 310 g/mol. The molecule has 0 fully saturated rings. The summed E-state index contributed by atoms with van der Waals surface area (Å²) in [5.74, 6) is 0. The first-order valence-electron chi connectivity index (χ1n) is 5.88. The molecule has 0 bridgehead atoms. The maximum absolute atomic E-state index is 5.46. The molecule has 4 nitrogen and oxygen atoms in total. The Bertz CT molecular complexity index is 501. The van der Waals surface area contributed by atoms with Gasteiger partial charge in [-0.15, -0.1) is 0 Å². The predicted octanol–water partition coefficient (Wildman–Crippen LogP) is 2.48. The quantitative estimate of drug-likeness (QED) is 0.607. The van der Waals surface area contributed by atoms with Gasteiger partial charge < -0.3 is 9.64 Å². The van der Waals surface area contributed by atoms with E-state index in [1.165, 1.54) is 0 Å². The first kappa shape index (κ1) is 13.2. The molecule has 0 unspecified atom stereocenters. The molecule has 0 amide bonds. The van der Waals surface area contributed by atoms with Crippen LogP contribution in [0, 0.1) is 0 Å². The lowest BCUT2D eigenvalue weighted by atomic mass is 10.2. The van der Waals surface area contributed by atoms with Gasteiger partial charge in [-0.2, -0.15) is 10.2 Å². The molecule has 0 aliphatic heterocycles. The first-order valence-corrected chi connectivity index (χ1v) is 7.00. The molecule has 1 heterocycles. The third-order valence-electron chi connectivity index (χ3n) is 2.73. The van der Waals surface area contributed by atoms with E-state index in [1.807, 2.05) is 25.2 Å². The van der Waals surface area contributed by atoms with Crippen LogP contribution in [0.25, 0.3) is 10.9 Å². The van der Waals surface area contributed by atoms with Crippen molar-refractivity contribution >= 4 is 32.5 Å². The number of hydrogen-bond donors (Lipinski definition) is 0. The van der Waals surface area contributed by atoms with Crippen LogP contribution in [-0.2, 0) is 4.74 Å². The van der Waals surface area contributed by atoms with Gasteiger partial charge in [0.05, 0.1) is 30.6 Å². The molecule has 0 saturated carbocycles. The SMILES string of the molecule is CN(CCOCCBr)c1cnnc2ccccc12. The van der Waals surface area contributed by atoms with Crippen LogP contribution < -0.4 is 4.90 Å². The van der Waals surface area contributed by atoms with Gasteiger partial charge in [-0.25, -0.2) is 0 Å². The second kappa shape index (κ2) is 6.66. The highest BCUT2D eigenvalue weighted by molar-refractivity contribution is 9.09. The van der Waals surface area contributed by atoms with Gasteiger partial charge in [-0.1, -0.05) is 34.1 Å². The molecular formula is C13H16BrN3O. The molecule has 0 saturated heterocycles. The van der Waals surface area contributed by atoms with Crippen LogP contribution in [-0.4, -0.2) is 42.3 Å². The minimum Gasteiger partial charge on any atom is -0.379 e. The Balaban J connectivity index is 2.10. The monoisotopic (exact) mass is 309 g/mol. The summed E-state index contributed by atoms with van der Waals surface area (Å²) in [5, 5.41) is 10.2. The summed E-state index contributed by atoms with van der Waals surface area (Å²) < 4.78 is 5.46. The van der Waals surface area contributed by atoms with Gasteiger partial charge in [0.2, 0.25) is 0 Å². The summed E-state index contributed by atoms with van der Waals surface area (Å²) in [7, 11) is 2.04. The highest BCUT2D eigenvalue weighted by Gasteiger charge is 2.06. The van der Waals surface area contributed by atoms with Crippen molar-refractivity contribution in [2.24, 2.45) is 0 Å². The zero-order valence-electron chi connectivity index (χ0n) is 10.3. The fraction of sp³-hybridized carbons (Fsp3) is 0.385. The van der Waals surface area contributed by atoms with Crippen molar-refractivity contribution in [3.63, 3.8) is 0 Å². The molecule has 0 radical (unpaired) electrons. The van der Waals surface area contributed by atoms with Crippen molar-refractivity contribution in [2.75, 3.05) is 37.0 Å². The van der Waals surface area contributed by atoms with Crippen LogP contribution in [0.1, 0.15) is 0 Å². The molecule has 1 aromatic heterocycles. The van der Waals surface area contributed by atoms with Crippen molar-refractivity contribution in [1.82, 2.24) is 10.2 Å². The smallest absolute Gasteiger partial charge is 0.0950 e. The van der Waals surface area contributed by atoms with Crippen LogP contribution in [0.2, 0.25) is 0 Å². The van der Waals surface area contributed by atoms with Crippen LogP contribution in [0.15, 0.2) is 30.5 Å². The fourth-order valence-corrected chi connectivity index (χ4v) is 2.00. The molecule has 0 atom stereocenters. The topological polar surface area (TPSA) is 38.2 Å². The normalized spacial score (nSPS) is 10.8. The van der Waals surface area contributed by atoms with Crippen LogP contribution in [0.4, 0.5) is 5.69 Å². The molecule has 1 aromatic carbocycles. The molecule has 2 aromatic rings. The van der Waals surface area contributed by atoms with Gasteiger partial charge in [-0.05, 0) is 6.07 Å². The number of hydrogen-bond acceptors (Lipinski definition) is 4. The standard InChI is InChI=1S/C13H16BrN3O/c1-17(7-9-18-8-6-14)13-10-15-16-12-5-3-2-4-11(12)13/h2-5,10H,6-9H2,1H3. The van der Waals surface area contributed by atoms with Crippen LogP contribution in [0.5, 0.6) is 0 Å². The van der Waals surface area contributed by atoms with Crippen LogP contribution in [0.3, 0.4) is 0 Å². The zero-order chi connectivity index (χ0) is 12.8. The molecule has 18 heavy (non-hydrogen) atoms. The summed E-state index contributed by atoms with van der Waals surface area (Å²) in [4.78, 5) is 2.14. The fourth-order valence-electron chi connectivity index (χ4n) is 1.78. The van der Waals surface area contributed by atoms with Gasteiger partial charge in [-0.3, -0.25) is 0 Å². The Morgan fingerprint density at radius 2 is 2.11 bits per heavy atom. The summed E-state index contributed by atoms with van der Waals surface area (Å²) in [6.07, 6.45) is 1.80. The largest absolute Gasteiger partial charge is 0.379 e. The molecule has 0 aliphatic rings. The van der Waals surface area contributed by atoms with Crippen molar-refractivity contribution in [2.45, 2.75) is 0 Å². The molecule has 0 spiro atoms. The van der Waals surface area contributed by atoms with E-state index in [1.54, 1.807) is 6.20 Å². The molecule has 2 rings (SSSR count). The average Bonchev–Trinajstić information content (AvgIpc) is 2.43. The third-order valence-corrected chi connectivity index (χ3v) is 3.05. The molecular weight excluding hydrogens is 294 g/mol. The third kappa shape index (κ3) is 3.17. The van der Waals surface area contributed by atoms with E-state index in [9.17, 15) is 0 Å². The minimum absolute atomic E-state index is 0.707. The number of nitrogens with zero attached hydrogens (tertiary/aromatic N) is 3. The Morgan fingerprint density at radius 1 is 1.28 bits per heavy atom. The first-order chi connectivity index (χ1) is 8.83. The number of alkyl halides is 1. The van der Waals surface area contributed by atoms with Crippen LogP contribution >= 0.6 is 15.9 Å². The lowest BCUT2D eigenvalue weighted by Crippen LogP contribution is -2.23. The Kier molecular flexibility index (Phi) is 4.90. The number of aromatic nitrogens is 2. The summed E-state index contributed by atoms with van der Waals surface area (Å²) >= 11 is 3.34.